The second-order valence-corrected chi connectivity index (χ2v) is 5.20. The SMILES string of the molecule is O=C(N/N=C/c1cccc([N+](=O)[O-])c1O)c1cccc2ccccc12. The van der Waals surface area contributed by atoms with Crippen LogP contribution in [0.25, 0.3) is 10.8 Å². The second-order valence-electron chi connectivity index (χ2n) is 5.20. The standard InChI is InChI=1S/C18H13N3O4/c22-17-13(7-4-10-16(17)21(24)25)11-19-20-18(23)15-9-3-6-12-5-1-2-8-14(12)15/h1-11,22H,(H,20,23)/b19-11+. The van der Waals surface area contributed by atoms with Crippen molar-refractivity contribution in [1.29, 1.82) is 0 Å². The predicted molar refractivity (Wildman–Crippen MR) is 93.8 cm³/mol. The van der Waals surface area contributed by atoms with Crippen LogP contribution < -0.4 is 5.43 Å². The fourth-order valence-electron chi connectivity index (χ4n) is 2.44. The summed E-state index contributed by atoms with van der Waals surface area (Å²) in [5, 5.41) is 26.1. The number of phenols is 1. The number of nitrogens with one attached hydrogen (secondary N) is 1. The minimum absolute atomic E-state index is 0.132. The summed E-state index contributed by atoms with van der Waals surface area (Å²) in [7, 11) is 0. The summed E-state index contributed by atoms with van der Waals surface area (Å²) in [5.41, 5.74) is 2.53. The van der Waals surface area contributed by atoms with Gasteiger partial charge in [-0.2, -0.15) is 5.10 Å². The van der Waals surface area contributed by atoms with Gasteiger partial charge in [0.2, 0.25) is 5.75 Å². The van der Waals surface area contributed by atoms with Crippen LogP contribution >= 0.6 is 0 Å². The number of aromatic hydroxyl groups is 1. The van der Waals surface area contributed by atoms with Crippen molar-refractivity contribution in [2.45, 2.75) is 0 Å². The Bertz CT molecular complexity index is 993. The molecule has 7 heteroatoms. The molecule has 3 aromatic rings. The van der Waals surface area contributed by atoms with Crippen molar-refractivity contribution in [2.24, 2.45) is 5.10 Å². The summed E-state index contributed by atoms with van der Waals surface area (Å²) >= 11 is 0. The van der Waals surface area contributed by atoms with Gasteiger partial charge in [0.25, 0.3) is 5.91 Å². The number of hydrazone groups is 1. The molecule has 0 aromatic heterocycles. The topological polar surface area (TPSA) is 105 Å². The van der Waals surface area contributed by atoms with Gasteiger partial charge in [0.1, 0.15) is 0 Å². The number of phenolic OH excluding ortho intramolecular Hbond substituents is 1. The molecule has 2 N–H and O–H groups in total. The first kappa shape index (κ1) is 16.1. The molecule has 3 rings (SSSR count). The van der Waals surface area contributed by atoms with E-state index in [4.69, 9.17) is 0 Å². The molecular weight excluding hydrogens is 322 g/mol. The lowest BCUT2D eigenvalue weighted by atomic mass is 10.0. The van der Waals surface area contributed by atoms with Crippen LogP contribution in [0.3, 0.4) is 0 Å². The highest BCUT2D eigenvalue weighted by Gasteiger charge is 2.15. The van der Waals surface area contributed by atoms with E-state index in [0.717, 1.165) is 17.0 Å². The van der Waals surface area contributed by atoms with E-state index in [1.54, 1.807) is 12.1 Å². The number of carbonyl (C=O) groups excluding carboxylic acids is 1. The van der Waals surface area contributed by atoms with Gasteiger partial charge in [-0.15, -0.1) is 0 Å². The molecule has 0 heterocycles. The minimum Gasteiger partial charge on any atom is -0.502 e. The Morgan fingerprint density at radius 3 is 2.60 bits per heavy atom. The summed E-state index contributed by atoms with van der Waals surface area (Å²) in [6.07, 6.45) is 1.16. The Balaban J connectivity index is 1.82. The van der Waals surface area contributed by atoms with E-state index in [1.807, 2.05) is 30.3 Å². The van der Waals surface area contributed by atoms with Crippen LogP contribution in [0.15, 0.2) is 65.8 Å². The number of para-hydroxylation sites is 1. The summed E-state index contributed by atoms with van der Waals surface area (Å²) in [5.74, 6) is -0.923. The first-order chi connectivity index (χ1) is 12.1. The van der Waals surface area contributed by atoms with Gasteiger partial charge in [0, 0.05) is 17.2 Å². The normalized spacial score (nSPS) is 10.9. The van der Waals surface area contributed by atoms with E-state index in [1.165, 1.54) is 18.2 Å². The number of benzene rings is 3. The number of hydrogen-bond donors (Lipinski definition) is 2. The number of hydrogen-bond acceptors (Lipinski definition) is 5. The van der Waals surface area contributed by atoms with Gasteiger partial charge in [-0.1, -0.05) is 42.5 Å². The van der Waals surface area contributed by atoms with Gasteiger partial charge in [0.15, 0.2) is 0 Å². The zero-order chi connectivity index (χ0) is 17.8. The highest BCUT2D eigenvalue weighted by molar-refractivity contribution is 6.07. The van der Waals surface area contributed by atoms with E-state index >= 15 is 0 Å². The Labute approximate surface area is 142 Å². The number of nitro groups is 1. The summed E-state index contributed by atoms with van der Waals surface area (Å²) < 4.78 is 0. The Morgan fingerprint density at radius 2 is 1.80 bits per heavy atom. The maximum atomic E-state index is 12.3. The van der Waals surface area contributed by atoms with Crippen LogP contribution in [-0.4, -0.2) is 22.2 Å². The number of carbonyl (C=O) groups is 1. The van der Waals surface area contributed by atoms with Crippen molar-refractivity contribution >= 4 is 28.6 Å². The van der Waals surface area contributed by atoms with Crippen molar-refractivity contribution in [2.75, 3.05) is 0 Å². The van der Waals surface area contributed by atoms with Crippen LogP contribution in [0.1, 0.15) is 15.9 Å². The Morgan fingerprint density at radius 1 is 1.08 bits per heavy atom. The first-order valence-electron chi connectivity index (χ1n) is 7.35. The second kappa shape index (κ2) is 6.79. The third kappa shape index (κ3) is 3.30. The van der Waals surface area contributed by atoms with Crippen LogP contribution in [0, 0.1) is 10.1 Å². The van der Waals surface area contributed by atoms with Gasteiger partial charge in [-0.05, 0) is 22.9 Å². The molecule has 0 unspecified atom stereocenters. The van der Waals surface area contributed by atoms with Crippen LogP contribution in [0.2, 0.25) is 0 Å². The monoisotopic (exact) mass is 335 g/mol. The smallest absolute Gasteiger partial charge is 0.311 e. The quantitative estimate of drug-likeness (QED) is 0.434. The van der Waals surface area contributed by atoms with Crippen molar-refractivity contribution in [3.63, 3.8) is 0 Å². The lowest BCUT2D eigenvalue weighted by Crippen LogP contribution is -2.17. The molecule has 7 nitrogen and oxygen atoms in total. The molecule has 0 fully saturated rings. The van der Waals surface area contributed by atoms with Crippen molar-refractivity contribution in [1.82, 2.24) is 5.43 Å². The number of rotatable bonds is 4. The van der Waals surface area contributed by atoms with Gasteiger partial charge in [0.05, 0.1) is 11.1 Å². The minimum atomic E-state index is -0.693. The Hall–Kier alpha value is -3.74. The molecule has 0 bridgehead atoms. The first-order valence-corrected chi connectivity index (χ1v) is 7.35. The fourth-order valence-corrected chi connectivity index (χ4v) is 2.44. The van der Waals surface area contributed by atoms with Crippen molar-refractivity contribution < 1.29 is 14.8 Å². The largest absolute Gasteiger partial charge is 0.502 e. The van der Waals surface area contributed by atoms with Crippen LogP contribution in [-0.2, 0) is 0 Å². The van der Waals surface area contributed by atoms with Gasteiger partial charge in [-0.3, -0.25) is 14.9 Å². The molecular formula is C18H13N3O4. The Kier molecular flexibility index (Phi) is 4.38. The molecule has 0 spiro atoms. The predicted octanol–water partition coefficient (Wildman–Crippen LogP) is 3.22. The van der Waals surface area contributed by atoms with Crippen molar-refractivity contribution in [3.8, 4) is 5.75 Å². The number of amides is 1. The molecule has 0 atom stereocenters. The van der Waals surface area contributed by atoms with Crippen LogP contribution in [0.4, 0.5) is 5.69 Å². The van der Waals surface area contributed by atoms with E-state index in [2.05, 4.69) is 10.5 Å². The molecule has 25 heavy (non-hydrogen) atoms. The van der Waals surface area contributed by atoms with Crippen LogP contribution in [0.5, 0.6) is 5.75 Å². The molecule has 0 aliphatic rings. The average molecular weight is 335 g/mol. The van der Waals surface area contributed by atoms with Gasteiger partial charge >= 0.3 is 5.69 Å². The average Bonchev–Trinajstić information content (AvgIpc) is 2.62. The number of fused-ring (bicyclic) bond motifs is 1. The molecule has 1 amide bonds. The summed E-state index contributed by atoms with van der Waals surface area (Å²) in [6.45, 7) is 0. The third-order valence-corrected chi connectivity index (χ3v) is 3.65. The van der Waals surface area contributed by atoms with Gasteiger partial charge < -0.3 is 5.11 Å². The zero-order valence-electron chi connectivity index (χ0n) is 12.9. The fraction of sp³-hybridized carbons (Fsp3) is 0. The molecule has 124 valence electrons. The maximum Gasteiger partial charge on any atom is 0.311 e. The van der Waals surface area contributed by atoms with E-state index in [-0.39, 0.29) is 5.56 Å². The molecule has 3 aromatic carbocycles. The van der Waals surface area contributed by atoms with E-state index in [9.17, 15) is 20.0 Å². The number of nitrogens with zero attached hydrogens (tertiary/aromatic N) is 2. The third-order valence-electron chi connectivity index (χ3n) is 3.65. The lowest BCUT2D eigenvalue weighted by Gasteiger charge is -2.05. The molecule has 0 saturated carbocycles. The van der Waals surface area contributed by atoms with Gasteiger partial charge in [-0.25, -0.2) is 5.43 Å². The summed E-state index contributed by atoms with van der Waals surface area (Å²) in [6, 6.07) is 16.9. The molecule has 0 radical (unpaired) electrons. The molecule has 0 saturated heterocycles. The molecule has 0 aliphatic heterocycles. The van der Waals surface area contributed by atoms with E-state index < -0.39 is 22.3 Å². The summed E-state index contributed by atoms with van der Waals surface area (Å²) in [4.78, 5) is 22.4. The maximum absolute atomic E-state index is 12.3. The number of nitro benzene ring substituents is 1. The highest BCUT2D eigenvalue weighted by Crippen LogP contribution is 2.27. The highest BCUT2D eigenvalue weighted by atomic mass is 16.6. The zero-order valence-corrected chi connectivity index (χ0v) is 12.9. The van der Waals surface area contributed by atoms with Crippen molar-refractivity contribution in [3.05, 3.63) is 81.9 Å². The lowest BCUT2D eigenvalue weighted by molar-refractivity contribution is -0.385. The van der Waals surface area contributed by atoms with E-state index in [0.29, 0.717) is 5.56 Å². The molecule has 0 aliphatic carbocycles.